The van der Waals surface area contributed by atoms with E-state index in [9.17, 15) is 4.79 Å². The quantitative estimate of drug-likeness (QED) is 0.501. The summed E-state index contributed by atoms with van der Waals surface area (Å²) >= 11 is 0. The number of hydrogen-bond acceptors (Lipinski definition) is 2. The van der Waals surface area contributed by atoms with E-state index in [0.29, 0.717) is 19.5 Å². The summed E-state index contributed by atoms with van der Waals surface area (Å²) in [5.74, 6) is 0.0988. The maximum Gasteiger partial charge on any atom is 0.183 e. The van der Waals surface area contributed by atoms with Gasteiger partial charge in [-0.25, -0.2) is 0 Å². The van der Waals surface area contributed by atoms with Gasteiger partial charge >= 0.3 is 0 Å². The Balaban J connectivity index is 3.17. The topological polar surface area (TPSA) is 20.3 Å². The van der Waals surface area contributed by atoms with Gasteiger partial charge < -0.3 is 0 Å². The van der Waals surface area contributed by atoms with Crippen LogP contribution in [0, 0.1) is 0 Å². The van der Waals surface area contributed by atoms with Gasteiger partial charge in [0.25, 0.3) is 0 Å². The first-order chi connectivity index (χ1) is 9.60. The standard InChI is InChI=1S/C18H23NO/c1-5-13-18(4,19(14-6-2)15-7-3)17(20)16-11-9-8-10-12-16/h5-12H,1-3,13-15H2,4H3. The minimum Gasteiger partial charge on any atom is -0.292 e. The molecule has 0 bridgehead atoms. The van der Waals surface area contributed by atoms with E-state index in [2.05, 4.69) is 24.6 Å². The fourth-order valence-corrected chi connectivity index (χ4v) is 2.34. The first-order valence-corrected chi connectivity index (χ1v) is 6.77. The fourth-order valence-electron chi connectivity index (χ4n) is 2.34. The third-order valence-electron chi connectivity index (χ3n) is 3.46. The average molecular weight is 269 g/mol. The zero-order valence-corrected chi connectivity index (χ0v) is 12.2. The van der Waals surface area contributed by atoms with E-state index in [4.69, 9.17) is 0 Å². The molecule has 0 spiro atoms. The van der Waals surface area contributed by atoms with Gasteiger partial charge in [-0.1, -0.05) is 48.6 Å². The normalized spacial score (nSPS) is 13.5. The van der Waals surface area contributed by atoms with Crippen LogP contribution in [0.1, 0.15) is 23.7 Å². The molecule has 20 heavy (non-hydrogen) atoms. The molecule has 1 rings (SSSR count). The molecule has 106 valence electrons. The predicted octanol–water partition coefficient (Wildman–Crippen LogP) is 3.88. The van der Waals surface area contributed by atoms with E-state index in [1.807, 2.05) is 49.4 Å². The van der Waals surface area contributed by atoms with Crippen molar-refractivity contribution in [2.45, 2.75) is 18.9 Å². The highest BCUT2D eigenvalue weighted by Crippen LogP contribution is 2.25. The highest BCUT2D eigenvalue weighted by atomic mass is 16.1. The van der Waals surface area contributed by atoms with Gasteiger partial charge in [-0.05, 0) is 13.3 Å². The Morgan fingerprint density at radius 3 is 2.10 bits per heavy atom. The molecule has 0 fully saturated rings. The van der Waals surface area contributed by atoms with Crippen molar-refractivity contribution < 1.29 is 4.79 Å². The molecule has 1 aromatic carbocycles. The second-order valence-electron chi connectivity index (χ2n) is 4.94. The van der Waals surface area contributed by atoms with Crippen LogP contribution < -0.4 is 0 Å². The molecule has 0 N–H and O–H groups in total. The number of nitrogens with zero attached hydrogens (tertiary/aromatic N) is 1. The molecule has 0 heterocycles. The van der Waals surface area contributed by atoms with Gasteiger partial charge in [0.15, 0.2) is 5.78 Å². The average Bonchev–Trinajstić information content (AvgIpc) is 2.47. The van der Waals surface area contributed by atoms with Gasteiger partial charge in [0.05, 0.1) is 5.54 Å². The summed E-state index contributed by atoms with van der Waals surface area (Å²) in [5.41, 5.74) is 0.0841. The predicted molar refractivity (Wildman–Crippen MR) is 86.0 cm³/mol. The fraction of sp³-hybridized carbons (Fsp3) is 0.278. The van der Waals surface area contributed by atoms with E-state index < -0.39 is 5.54 Å². The van der Waals surface area contributed by atoms with Crippen LogP contribution in [0.25, 0.3) is 0 Å². The van der Waals surface area contributed by atoms with Crippen molar-refractivity contribution in [2.24, 2.45) is 0 Å². The second-order valence-corrected chi connectivity index (χ2v) is 4.94. The lowest BCUT2D eigenvalue weighted by Gasteiger charge is -2.38. The van der Waals surface area contributed by atoms with Crippen LogP contribution in [0.5, 0.6) is 0 Å². The first kappa shape index (κ1) is 16.1. The molecule has 0 aliphatic rings. The summed E-state index contributed by atoms with van der Waals surface area (Å²) in [6.07, 6.45) is 5.99. The summed E-state index contributed by atoms with van der Waals surface area (Å²) in [7, 11) is 0. The summed E-state index contributed by atoms with van der Waals surface area (Å²) in [5, 5.41) is 0. The van der Waals surface area contributed by atoms with Gasteiger partial charge in [-0.2, -0.15) is 0 Å². The second kappa shape index (κ2) is 7.61. The largest absolute Gasteiger partial charge is 0.292 e. The lowest BCUT2D eigenvalue weighted by Crippen LogP contribution is -2.52. The molecule has 1 unspecified atom stereocenters. The number of carbonyl (C=O) groups excluding carboxylic acids is 1. The summed E-state index contributed by atoms with van der Waals surface area (Å²) < 4.78 is 0. The molecule has 0 radical (unpaired) electrons. The maximum absolute atomic E-state index is 12.9. The molecular formula is C18H23NO. The van der Waals surface area contributed by atoms with Gasteiger partial charge in [-0.3, -0.25) is 9.69 Å². The van der Waals surface area contributed by atoms with Crippen LogP contribution in [-0.4, -0.2) is 29.3 Å². The molecule has 1 atom stereocenters. The summed E-state index contributed by atoms with van der Waals surface area (Å²) in [6.45, 7) is 14.6. The van der Waals surface area contributed by atoms with Crippen molar-refractivity contribution in [3.05, 3.63) is 73.9 Å². The monoisotopic (exact) mass is 269 g/mol. The maximum atomic E-state index is 12.9. The lowest BCUT2D eigenvalue weighted by molar-refractivity contribution is 0.0662. The first-order valence-electron chi connectivity index (χ1n) is 6.77. The number of ketones is 1. The molecule has 2 heteroatoms. The lowest BCUT2D eigenvalue weighted by atomic mass is 9.86. The van der Waals surface area contributed by atoms with Crippen LogP contribution in [0.3, 0.4) is 0 Å². The minimum absolute atomic E-state index is 0.0988. The van der Waals surface area contributed by atoms with Crippen LogP contribution in [0.4, 0.5) is 0 Å². The van der Waals surface area contributed by atoms with Crippen molar-refractivity contribution in [2.75, 3.05) is 13.1 Å². The molecule has 0 saturated heterocycles. The van der Waals surface area contributed by atoms with Crippen LogP contribution >= 0.6 is 0 Å². The molecule has 2 nitrogen and oxygen atoms in total. The summed E-state index contributed by atoms with van der Waals surface area (Å²) in [6, 6.07) is 9.38. The van der Waals surface area contributed by atoms with E-state index in [1.165, 1.54) is 0 Å². The van der Waals surface area contributed by atoms with E-state index >= 15 is 0 Å². The highest BCUT2D eigenvalue weighted by Gasteiger charge is 2.37. The number of hydrogen-bond donors (Lipinski definition) is 0. The molecule has 0 saturated carbocycles. The third kappa shape index (κ3) is 3.55. The number of rotatable bonds is 9. The zero-order valence-electron chi connectivity index (χ0n) is 12.2. The molecule has 0 aliphatic carbocycles. The van der Waals surface area contributed by atoms with Crippen LogP contribution in [-0.2, 0) is 0 Å². The van der Waals surface area contributed by atoms with Gasteiger partial charge in [0.2, 0.25) is 0 Å². The Bertz CT molecular complexity index is 467. The van der Waals surface area contributed by atoms with Crippen molar-refractivity contribution in [1.29, 1.82) is 0 Å². The number of carbonyl (C=O) groups is 1. The Hall–Kier alpha value is -1.93. The van der Waals surface area contributed by atoms with E-state index in [-0.39, 0.29) is 5.78 Å². The number of Topliss-reactive ketones (excluding diaryl/α,β-unsaturated/α-hetero) is 1. The zero-order chi connectivity index (χ0) is 15.0. The Labute approximate surface area is 122 Å². The van der Waals surface area contributed by atoms with E-state index in [1.54, 1.807) is 6.08 Å². The van der Waals surface area contributed by atoms with Crippen molar-refractivity contribution >= 4 is 5.78 Å². The van der Waals surface area contributed by atoms with Crippen LogP contribution in [0.15, 0.2) is 68.3 Å². The molecule has 1 aromatic rings. The Morgan fingerprint density at radius 1 is 1.10 bits per heavy atom. The minimum atomic E-state index is -0.633. The highest BCUT2D eigenvalue weighted by molar-refractivity contribution is 6.03. The van der Waals surface area contributed by atoms with Gasteiger partial charge in [-0.15, -0.1) is 19.7 Å². The molecular weight excluding hydrogens is 246 g/mol. The number of benzene rings is 1. The third-order valence-corrected chi connectivity index (χ3v) is 3.46. The van der Waals surface area contributed by atoms with Crippen molar-refractivity contribution in [1.82, 2.24) is 4.90 Å². The Morgan fingerprint density at radius 2 is 1.65 bits per heavy atom. The molecule has 0 aromatic heterocycles. The smallest absolute Gasteiger partial charge is 0.183 e. The molecule has 0 amide bonds. The van der Waals surface area contributed by atoms with Gasteiger partial charge in [0, 0.05) is 18.7 Å². The summed E-state index contributed by atoms with van der Waals surface area (Å²) in [4.78, 5) is 15.0. The van der Waals surface area contributed by atoms with Crippen molar-refractivity contribution in [3.8, 4) is 0 Å². The molecule has 0 aliphatic heterocycles. The van der Waals surface area contributed by atoms with Crippen LogP contribution in [0.2, 0.25) is 0 Å². The Kier molecular flexibility index (Phi) is 6.13. The van der Waals surface area contributed by atoms with Crippen molar-refractivity contribution in [3.63, 3.8) is 0 Å². The SMILES string of the molecule is C=CCN(CC=C)C(C)(CC=C)C(=O)c1ccccc1. The van der Waals surface area contributed by atoms with E-state index in [0.717, 1.165) is 5.56 Å². The van der Waals surface area contributed by atoms with Gasteiger partial charge in [0.1, 0.15) is 0 Å².